The Balaban J connectivity index is 2.31. The maximum Gasteiger partial charge on any atom is 0.0247 e. The largest absolute Gasteiger partial charge is 0.326 e. The molecule has 2 unspecified atom stereocenters. The van der Waals surface area contributed by atoms with E-state index in [0.29, 0.717) is 12.1 Å². The van der Waals surface area contributed by atoms with Crippen LogP contribution in [0.5, 0.6) is 0 Å². The molecule has 0 heterocycles. The summed E-state index contributed by atoms with van der Waals surface area (Å²) in [6, 6.07) is 1.15. The molecule has 60 valence electrons. The first-order valence-corrected chi connectivity index (χ1v) is 4.29. The first kappa shape index (κ1) is 8.02. The molecule has 1 fully saturated rings. The summed E-state index contributed by atoms with van der Waals surface area (Å²) in [4.78, 5) is 2.45. The molecule has 1 saturated carbocycles. The molecule has 10 heavy (non-hydrogen) atoms. The Hall–Kier alpha value is -0.0800. The topological polar surface area (TPSA) is 29.3 Å². The van der Waals surface area contributed by atoms with Crippen molar-refractivity contribution in [3.63, 3.8) is 0 Å². The Morgan fingerprint density at radius 2 is 1.90 bits per heavy atom. The van der Waals surface area contributed by atoms with Gasteiger partial charge in [0.15, 0.2) is 0 Å². The van der Waals surface area contributed by atoms with Gasteiger partial charge in [-0.15, -0.1) is 0 Å². The summed E-state index contributed by atoms with van der Waals surface area (Å²) in [7, 11) is 0. The second kappa shape index (κ2) is 3.35. The first-order valence-electron chi connectivity index (χ1n) is 4.29. The van der Waals surface area contributed by atoms with Crippen molar-refractivity contribution in [3.8, 4) is 0 Å². The van der Waals surface area contributed by atoms with Crippen molar-refractivity contribution in [1.29, 1.82) is 0 Å². The average Bonchev–Trinajstić information content (AvgIpc) is 1.96. The van der Waals surface area contributed by atoms with Crippen LogP contribution < -0.4 is 5.73 Å². The van der Waals surface area contributed by atoms with E-state index in [2.05, 4.69) is 18.7 Å². The maximum absolute atomic E-state index is 5.83. The molecule has 2 atom stereocenters. The van der Waals surface area contributed by atoms with E-state index in [1.165, 1.54) is 12.8 Å². The molecule has 1 aliphatic rings. The Morgan fingerprint density at radius 1 is 1.30 bits per heavy atom. The third-order valence-electron chi connectivity index (χ3n) is 2.57. The summed E-state index contributed by atoms with van der Waals surface area (Å²) >= 11 is 0. The molecule has 0 amide bonds. The Labute approximate surface area is 63.4 Å². The highest BCUT2D eigenvalue weighted by Gasteiger charge is 2.30. The highest BCUT2D eigenvalue weighted by molar-refractivity contribution is 4.90. The molecule has 1 rings (SSSR count). The predicted octanol–water partition coefficient (Wildman–Crippen LogP) is 0.818. The van der Waals surface area contributed by atoms with Crippen LogP contribution in [0.25, 0.3) is 0 Å². The number of hydrogen-bond acceptors (Lipinski definition) is 2. The van der Waals surface area contributed by atoms with E-state index < -0.39 is 0 Å². The highest BCUT2D eigenvalue weighted by atomic mass is 15.2. The van der Waals surface area contributed by atoms with Gasteiger partial charge in [-0.05, 0) is 25.9 Å². The Kier molecular flexibility index (Phi) is 2.69. The molecule has 2 nitrogen and oxygen atoms in total. The van der Waals surface area contributed by atoms with E-state index >= 15 is 0 Å². The van der Waals surface area contributed by atoms with Gasteiger partial charge in [0.2, 0.25) is 0 Å². The standard InChI is InChI=1S/C8H18N2/c1-3-10(4-2)8-6-5-7(8)9/h7-8H,3-6,9H2,1-2H3. The van der Waals surface area contributed by atoms with Crippen molar-refractivity contribution in [2.75, 3.05) is 13.1 Å². The average molecular weight is 142 g/mol. The number of hydrogen-bond donors (Lipinski definition) is 1. The van der Waals surface area contributed by atoms with Gasteiger partial charge in [0.1, 0.15) is 0 Å². The Bertz CT molecular complexity index is 96.7. The second-order valence-electron chi connectivity index (χ2n) is 3.03. The first-order chi connectivity index (χ1) is 4.79. The van der Waals surface area contributed by atoms with E-state index in [1.54, 1.807) is 0 Å². The van der Waals surface area contributed by atoms with Crippen LogP contribution in [0.15, 0.2) is 0 Å². The minimum atomic E-state index is 0.458. The molecule has 0 aromatic rings. The van der Waals surface area contributed by atoms with E-state index in [0.717, 1.165) is 13.1 Å². The molecule has 0 aromatic heterocycles. The fourth-order valence-corrected chi connectivity index (χ4v) is 1.65. The lowest BCUT2D eigenvalue weighted by atomic mass is 9.86. The van der Waals surface area contributed by atoms with Crippen LogP contribution in [-0.2, 0) is 0 Å². The van der Waals surface area contributed by atoms with Crippen molar-refractivity contribution in [1.82, 2.24) is 4.90 Å². The van der Waals surface area contributed by atoms with Crippen molar-refractivity contribution >= 4 is 0 Å². The summed E-state index contributed by atoms with van der Waals surface area (Å²) < 4.78 is 0. The number of nitrogens with two attached hydrogens (primary N) is 1. The minimum absolute atomic E-state index is 0.458. The van der Waals surface area contributed by atoms with Gasteiger partial charge in [-0.25, -0.2) is 0 Å². The summed E-state index contributed by atoms with van der Waals surface area (Å²) in [5, 5.41) is 0. The Morgan fingerprint density at radius 3 is 2.00 bits per heavy atom. The molecule has 0 aromatic carbocycles. The molecule has 0 aliphatic heterocycles. The summed E-state index contributed by atoms with van der Waals surface area (Å²) in [5.41, 5.74) is 5.83. The van der Waals surface area contributed by atoms with Gasteiger partial charge in [0.05, 0.1) is 0 Å². The molecular weight excluding hydrogens is 124 g/mol. The van der Waals surface area contributed by atoms with Crippen LogP contribution in [0.3, 0.4) is 0 Å². The van der Waals surface area contributed by atoms with E-state index in [4.69, 9.17) is 5.73 Å². The van der Waals surface area contributed by atoms with Crippen LogP contribution in [0.4, 0.5) is 0 Å². The SMILES string of the molecule is CCN(CC)C1CCC1N. The molecule has 0 spiro atoms. The van der Waals surface area contributed by atoms with Crippen LogP contribution in [0.2, 0.25) is 0 Å². The maximum atomic E-state index is 5.83. The fraction of sp³-hybridized carbons (Fsp3) is 1.00. The van der Waals surface area contributed by atoms with Crippen molar-refractivity contribution < 1.29 is 0 Å². The number of likely N-dealkylation sites (N-methyl/N-ethyl adjacent to an activating group) is 1. The van der Waals surface area contributed by atoms with Crippen LogP contribution in [-0.4, -0.2) is 30.1 Å². The zero-order chi connectivity index (χ0) is 7.56. The van der Waals surface area contributed by atoms with E-state index in [1.807, 2.05) is 0 Å². The normalized spacial score (nSPS) is 32.4. The van der Waals surface area contributed by atoms with Gasteiger partial charge < -0.3 is 5.73 Å². The van der Waals surface area contributed by atoms with E-state index in [-0.39, 0.29) is 0 Å². The fourth-order valence-electron chi connectivity index (χ4n) is 1.65. The summed E-state index contributed by atoms with van der Waals surface area (Å²) in [5.74, 6) is 0. The molecule has 1 aliphatic carbocycles. The summed E-state index contributed by atoms with van der Waals surface area (Å²) in [6.45, 7) is 6.70. The van der Waals surface area contributed by atoms with Gasteiger partial charge in [-0.2, -0.15) is 0 Å². The van der Waals surface area contributed by atoms with Crippen molar-refractivity contribution in [2.45, 2.75) is 38.8 Å². The van der Waals surface area contributed by atoms with Gasteiger partial charge in [-0.1, -0.05) is 13.8 Å². The molecule has 2 heteroatoms. The molecule has 0 radical (unpaired) electrons. The lowest BCUT2D eigenvalue weighted by Gasteiger charge is -2.41. The van der Waals surface area contributed by atoms with Crippen LogP contribution >= 0.6 is 0 Å². The predicted molar refractivity (Wildman–Crippen MR) is 43.9 cm³/mol. The molecular formula is C8H18N2. The smallest absolute Gasteiger partial charge is 0.0247 e. The zero-order valence-electron chi connectivity index (χ0n) is 7.01. The van der Waals surface area contributed by atoms with Crippen LogP contribution in [0.1, 0.15) is 26.7 Å². The minimum Gasteiger partial charge on any atom is -0.326 e. The van der Waals surface area contributed by atoms with Gasteiger partial charge in [0, 0.05) is 12.1 Å². The zero-order valence-corrected chi connectivity index (χ0v) is 7.01. The molecule has 0 bridgehead atoms. The van der Waals surface area contributed by atoms with Gasteiger partial charge in [0.25, 0.3) is 0 Å². The third kappa shape index (κ3) is 1.32. The highest BCUT2D eigenvalue weighted by Crippen LogP contribution is 2.23. The lowest BCUT2D eigenvalue weighted by Crippen LogP contribution is -2.54. The number of rotatable bonds is 3. The van der Waals surface area contributed by atoms with Gasteiger partial charge in [-0.3, -0.25) is 4.90 Å². The number of nitrogens with zero attached hydrogens (tertiary/aromatic N) is 1. The third-order valence-corrected chi connectivity index (χ3v) is 2.57. The second-order valence-corrected chi connectivity index (χ2v) is 3.03. The monoisotopic (exact) mass is 142 g/mol. The molecule has 0 saturated heterocycles. The van der Waals surface area contributed by atoms with Crippen molar-refractivity contribution in [3.05, 3.63) is 0 Å². The van der Waals surface area contributed by atoms with Crippen LogP contribution in [0, 0.1) is 0 Å². The van der Waals surface area contributed by atoms with E-state index in [9.17, 15) is 0 Å². The van der Waals surface area contributed by atoms with Gasteiger partial charge >= 0.3 is 0 Å². The quantitative estimate of drug-likeness (QED) is 0.632. The summed E-state index contributed by atoms with van der Waals surface area (Å²) in [6.07, 6.45) is 2.53. The lowest BCUT2D eigenvalue weighted by molar-refractivity contribution is 0.116. The molecule has 2 N–H and O–H groups in total. The van der Waals surface area contributed by atoms with Crippen molar-refractivity contribution in [2.24, 2.45) is 5.73 Å².